The van der Waals surface area contributed by atoms with E-state index in [0.29, 0.717) is 13.1 Å². The molecule has 0 unspecified atom stereocenters. The Morgan fingerprint density at radius 2 is 1.93 bits per heavy atom. The average Bonchev–Trinajstić information content (AvgIpc) is 3.37. The smallest absolute Gasteiger partial charge is 0.227 e. The van der Waals surface area contributed by atoms with E-state index in [-0.39, 0.29) is 30.0 Å². The number of amides is 1. The summed E-state index contributed by atoms with van der Waals surface area (Å²) in [4.78, 5) is 28.5. The number of hydrogen-bond donors (Lipinski definition) is 0. The maximum absolute atomic E-state index is 13.0. The SMILES string of the molecule is C[C@H]1CN(c2nccc([C@@H]3CN(Cc4ccco4)C[C@H]3C(=O)N(C)C)n2)C[C@H](C)O1. The van der Waals surface area contributed by atoms with Crippen LogP contribution in [-0.4, -0.2) is 78.2 Å². The van der Waals surface area contributed by atoms with Gasteiger partial charge in [-0.15, -0.1) is 0 Å². The molecule has 8 heteroatoms. The normalized spacial score (nSPS) is 27.4. The number of hydrogen-bond acceptors (Lipinski definition) is 7. The number of aromatic nitrogens is 2. The minimum Gasteiger partial charge on any atom is -0.468 e. The summed E-state index contributed by atoms with van der Waals surface area (Å²) in [6.45, 7) is 7.82. The second kappa shape index (κ2) is 8.73. The van der Waals surface area contributed by atoms with Crippen molar-refractivity contribution in [3.05, 3.63) is 42.1 Å². The lowest BCUT2D eigenvalue weighted by Gasteiger charge is -2.35. The molecule has 1 amide bonds. The van der Waals surface area contributed by atoms with Crippen LogP contribution >= 0.6 is 0 Å². The van der Waals surface area contributed by atoms with E-state index in [1.165, 1.54) is 0 Å². The van der Waals surface area contributed by atoms with Crippen molar-refractivity contribution >= 4 is 11.9 Å². The summed E-state index contributed by atoms with van der Waals surface area (Å²) in [5, 5.41) is 0. The molecule has 0 saturated carbocycles. The quantitative estimate of drug-likeness (QED) is 0.742. The summed E-state index contributed by atoms with van der Waals surface area (Å²) >= 11 is 0. The summed E-state index contributed by atoms with van der Waals surface area (Å²) in [7, 11) is 3.63. The first-order chi connectivity index (χ1) is 14.4. The van der Waals surface area contributed by atoms with Gasteiger partial charge in [0.1, 0.15) is 5.76 Å². The lowest BCUT2D eigenvalue weighted by atomic mass is 9.91. The summed E-state index contributed by atoms with van der Waals surface area (Å²) in [5.74, 6) is 1.64. The number of furan rings is 1. The van der Waals surface area contributed by atoms with Gasteiger partial charge in [0.2, 0.25) is 11.9 Å². The van der Waals surface area contributed by atoms with E-state index in [1.807, 2.05) is 38.5 Å². The average molecular weight is 414 g/mol. The summed E-state index contributed by atoms with van der Waals surface area (Å²) in [5.41, 5.74) is 0.925. The minimum atomic E-state index is -0.139. The number of rotatable bonds is 5. The van der Waals surface area contributed by atoms with Crippen LogP contribution in [0.15, 0.2) is 35.1 Å². The van der Waals surface area contributed by atoms with Gasteiger partial charge in [-0.05, 0) is 32.0 Å². The predicted octanol–water partition coefficient (Wildman–Crippen LogP) is 1.99. The molecular formula is C22H31N5O3. The van der Waals surface area contributed by atoms with E-state index in [1.54, 1.807) is 11.2 Å². The summed E-state index contributed by atoms with van der Waals surface area (Å²) in [6.07, 6.45) is 3.78. The minimum absolute atomic E-state index is 0.0208. The van der Waals surface area contributed by atoms with Crippen molar-refractivity contribution in [3.63, 3.8) is 0 Å². The molecular weight excluding hydrogens is 382 g/mol. The molecule has 8 nitrogen and oxygen atoms in total. The first-order valence-electron chi connectivity index (χ1n) is 10.6. The van der Waals surface area contributed by atoms with Crippen molar-refractivity contribution in [1.82, 2.24) is 19.8 Å². The molecule has 2 aliphatic rings. The van der Waals surface area contributed by atoms with Crippen molar-refractivity contribution in [2.24, 2.45) is 5.92 Å². The largest absolute Gasteiger partial charge is 0.468 e. The van der Waals surface area contributed by atoms with Gasteiger partial charge in [-0.3, -0.25) is 9.69 Å². The Labute approximate surface area is 177 Å². The summed E-state index contributed by atoms with van der Waals surface area (Å²) < 4.78 is 11.4. The second-order valence-corrected chi connectivity index (χ2v) is 8.66. The molecule has 4 atom stereocenters. The number of likely N-dealkylation sites (tertiary alicyclic amines) is 1. The molecule has 0 radical (unpaired) electrons. The fraction of sp³-hybridized carbons (Fsp3) is 0.591. The number of morpholine rings is 1. The first kappa shape index (κ1) is 20.8. The topological polar surface area (TPSA) is 74.9 Å². The Morgan fingerprint density at radius 3 is 2.60 bits per heavy atom. The highest BCUT2D eigenvalue weighted by Crippen LogP contribution is 2.34. The lowest BCUT2D eigenvalue weighted by Crippen LogP contribution is -2.46. The van der Waals surface area contributed by atoms with E-state index in [0.717, 1.165) is 37.0 Å². The van der Waals surface area contributed by atoms with Gasteiger partial charge in [0, 0.05) is 52.4 Å². The van der Waals surface area contributed by atoms with E-state index in [4.69, 9.17) is 14.1 Å². The molecule has 162 valence electrons. The van der Waals surface area contributed by atoms with Crippen LogP contribution in [0.3, 0.4) is 0 Å². The molecule has 2 aromatic heterocycles. The third-order valence-corrected chi connectivity index (χ3v) is 5.86. The van der Waals surface area contributed by atoms with Crippen LogP contribution in [0.2, 0.25) is 0 Å². The van der Waals surface area contributed by atoms with Gasteiger partial charge in [0.05, 0.1) is 36.6 Å². The highest BCUT2D eigenvalue weighted by molar-refractivity contribution is 5.80. The zero-order valence-electron chi connectivity index (χ0n) is 18.2. The van der Waals surface area contributed by atoms with Crippen molar-refractivity contribution in [2.45, 2.75) is 38.5 Å². The third kappa shape index (κ3) is 4.49. The first-order valence-corrected chi connectivity index (χ1v) is 10.6. The van der Waals surface area contributed by atoms with Gasteiger partial charge in [-0.25, -0.2) is 9.97 Å². The molecule has 2 aliphatic heterocycles. The standard InChI is InChI=1S/C22H31N5O3/c1-15-10-27(11-16(2)30-15)22-23-8-7-20(24-22)18-13-26(12-17-6-5-9-29-17)14-19(18)21(28)25(3)4/h5-9,15-16,18-19H,10-14H2,1-4H3/t15-,16-,18+,19+/m0/s1. The molecule has 0 N–H and O–H groups in total. The predicted molar refractivity (Wildman–Crippen MR) is 113 cm³/mol. The molecule has 2 aromatic rings. The number of anilines is 1. The highest BCUT2D eigenvalue weighted by Gasteiger charge is 2.40. The van der Waals surface area contributed by atoms with E-state index < -0.39 is 0 Å². The maximum atomic E-state index is 13.0. The number of nitrogens with zero attached hydrogens (tertiary/aromatic N) is 5. The zero-order chi connectivity index (χ0) is 21.3. The Balaban J connectivity index is 1.57. The molecule has 0 aromatic carbocycles. The lowest BCUT2D eigenvalue weighted by molar-refractivity contribution is -0.133. The Kier molecular flexibility index (Phi) is 6.06. The Bertz CT molecular complexity index is 846. The van der Waals surface area contributed by atoms with Gasteiger partial charge in [0.25, 0.3) is 0 Å². The molecule has 2 fully saturated rings. The van der Waals surface area contributed by atoms with Crippen LogP contribution in [0.25, 0.3) is 0 Å². The molecule has 0 aliphatic carbocycles. The van der Waals surface area contributed by atoms with Crippen LogP contribution in [0.4, 0.5) is 5.95 Å². The van der Waals surface area contributed by atoms with Crippen molar-refractivity contribution in [3.8, 4) is 0 Å². The molecule has 2 saturated heterocycles. The molecule has 4 rings (SSSR count). The summed E-state index contributed by atoms with van der Waals surface area (Å²) in [6, 6.07) is 5.82. The molecule has 0 bridgehead atoms. The monoisotopic (exact) mass is 413 g/mol. The highest BCUT2D eigenvalue weighted by atomic mass is 16.5. The number of carbonyl (C=O) groups excluding carboxylic acids is 1. The van der Waals surface area contributed by atoms with Crippen LogP contribution in [0.5, 0.6) is 0 Å². The van der Waals surface area contributed by atoms with E-state index in [9.17, 15) is 4.79 Å². The Morgan fingerprint density at radius 1 is 1.17 bits per heavy atom. The fourth-order valence-electron chi connectivity index (χ4n) is 4.58. The van der Waals surface area contributed by atoms with Gasteiger partial charge in [-0.2, -0.15) is 0 Å². The van der Waals surface area contributed by atoms with E-state index >= 15 is 0 Å². The van der Waals surface area contributed by atoms with Gasteiger partial charge in [-0.1, -0.05) is 0 Å². The second-order valence-electron chi connectivity index (χ2n) is 8.66. The van der Waals surface area contributed by atoms with E-state index in [2.05, 4.69) is 28.6 Å². The molecule has 4 heterocycles. The van der Waals surface area contributed by atoms with Crippen LogP contribution in [0, 0.1) is 5.92 Å². The van der Waals surface area contributed by atoms with Crippen molar-refractivity contribution < 1.29 is 13.9 Å². The van der Waals surface area contributed by atoms with Crippen molar-refractivity contribution in [2.75, 3.05) is 45.2 Å². The maximum Gasteiger partial charge on any atom is 0.227 e. The van der Waals surface area contributed by atoms with Crippen LogP contribution in [-0.2, 0) is 16.1 Å². The van der Waals surface area contributed by atoms with Crippen LogP contribution in [0.1, 0.15) is 31.2 Å². The zero-order valence-corrected chi connectivity index (χ0v) is 18.2. The molecule has 0 spiro atoms. The third-order valence-electron chi connectivity index (χ3n) is 5.86. The number of carbonyl (C=O) groups is 1. The van der Waals surface area contributed by atoms with Gasteiger partial charge < -0.3 is 19.0 Å². The van der Waals surface area contributed by atoms with Gasteiger partial charge in [0.15, 0.2) is 0 Å². The fourth-order valence-corrected chi connectivity index (χ4v) is 4.58. The van der Waals surface area contributed by atoms with Gasteiger partial charge >= 0.3 is 0 Å². The molecule has 30 heavy (non-hydrogen) atoms. The Hall–Kier alpha value is -2.45. The van der Waals surface area contributed by atoms with Crippen LogP contribution < -0.4 is 4.90 Å². The number of ether oxygens (including phenoxy) is 1. The van der Waals surface area contributed by atoms with Crippen molar-refractivity contribution in [1.29, 1.82) is 0 Å².